The second-order valence-electron chi connectivity index (χ2n) is 11.6. The molecule has 0 radical (unpaired) electrons. The number of hydrogen-bond donors (Lipinski definition) is 0. The number of anilines is 1. The Balaban J connectivity index is 1.66. The van der Waals surface area contributed by atoms with Gasteiger partial charge < -0.3 is 9.80 Å². The lowest BCUT2D eigenvalue weighted by Gasteiger charge is -2.35. The molecule has 0 aliphatic carbocycles. The lowest BCUT2D eigenvalue weighted by atomic mass is 9.87. The zero-order chi connectivity index (χ0) is 29.5. The maximum Gasteiger partial charge on any atom is 0.242 e. The number of aryl methyl sites for hydroxylation is 1. The van der Waals surface area contributed by atoms with Crippen molar-refractivity contribution >= 4 is 46.9 Å². The third kappa shape index (κ3) is 5.88. The van der Waals surface area contributed by atoms with Gasteiger partial charge in [-0.05, 0) is 36.2 Å². The minimum atomic E-state index is -0.346. The quantitative estimate of drug-likeness (QED) is 0.426. The Morgan fingerprint density at radius 2 is 1.71 bits per heavy atom. The maximum atomic E-state index is 13.9. The summed E-state index contributed by atoms with van der Waals surface area (Å²) in [5.74, 6) is 0.541. The molecule has 3 amide bonds. The van der Waals surface area contributed by atoms with Gasteiger partial charge in [0, 0.05) is 49.1 Å². The molecule has 3 aromatic rings. The van der Waals surface area contributed by atoms with Crippen LogP contribution in [0.25, 0.3) is 5.69 Å². The molecule has 0 N–H and O–H groups in total. The summed E-state index contributed by atoms with van der Waals surface area (Å²) in [6.45, 7) is 11.7. The molecule has 10 heteroatoms. The van der Waals surface area contributed by atoms with Crippen LogP contribution in [0.2, 0.25) is 5.02 Å². The summed E-state index contributed by atoms with van der Waals surface area (Å²) >= 11 is 7.98. The highest BCUT2D eigenvalue weighted by atomic mass is 35.5. The number of aromatic nitrogens is 2. The normalized spacial score (nSPS) is 17.9. The van der Waals surface area contributed by atoms with E-state index >= 15 is 0 Å². The molecular formula is C31H36ClN5O3S. The topological polar surface area (TPSA) is 78.8 Å². The Hall–Kier alpha value is -3.30. The first-order valence-electron chi connectivity index (χ1n) is 13.9. The number of rotatable bonds is 4. The second kappa shape index (κ2) is 11.5. The molecule has 0 saturated carbocycles. The highest BCUT2D eigenvalue weighted by Crippen LogP contribution is 2.48. The summed E-state index contributed by atoms with van der Waals surface area (Å²) < 4.78 is 1.85. The summed E-state index contributed by atoms with van der Waals surface area (Å²) in [6.07, 6.45) is 0. The Bertz CT molecular complexity index is 1490. The van der Waals surface area contributed by atoms with Crippen LogP contribution in [0.15, 0.2) is 48.5 Å². The first kappa shape index (κ1) is 29.2. The second-order valence-corrected chi connectivity index (χ2v) is 13.2. The van der Waals surface area contributed by atoms with Gasteiger partial charge in [0.25, 0.3) is 0 Å². The van der Waals surface area contributed by atoms with Crippen molar-refractivity contribution in [1.29, 1.82) is 0 Å². The highest BCUT2D eigenvalue weighted by Gasteiger charge is 2.40. The number of hydrogen-bond acceptors (Lipinski definition) is 5. The largest absolute Gasteiger partial charge is 0.339 e. The summed E-state index contributed by atoms with van der Waals surface area (Å²) in [5.41, 5.74) is 4.30. The van der Waals surface area contributed by atoms with E-state index in [4.69, 9.17) is 16.7 Å². The predicted molar refractivity (Wildman–Crippen MR) is 164 cm³/mol. The number of nitrogens with zero attached hydrogens (tertiary/aromatic N) is 5. The first-order chi connectivity index (χ1) is 19.5. The predicted octanol–water partition coefficient (Wildman–Crippen LogP) is 4.99. The minimum absolute atomic E-state index is 0.00496. The van der Waals surface area contributed by atoms with Gasteiger partial charge in [0.2, 0.25) is 17.7 Å². The summed E-state index contributed by atoms with van der Waals surface area (Å²) in [4.78, 5) is 44.6. The van der Waals surface area contributed by atoms with Crippen molar-refractivity contribution in [2.75, 3.05) is 43.4 Å². The molecule has 3 heterocycles. The first-order valence-corrected chi connectivity index (χ1v) is 15.3. The van der Waals surface area contributed by atoms with Gasteiger partial charge in [-0.15, -0.1) is 11.8 Å². The van der Waals surface area contributed by atoms with E-state index in [-0.39, 0.29) is 40.7 Å². The molecule has 5 rings (SSSR count). The third-order valence-corrected chi connectivity index (χ3v) is 9.16. The van der Waals surface area contributed by atoms with E-state index in [1.54, 1.807) is 21.6 Å². The molecule has 0 bridgehead atoms. The fourth-order valence-electron chi connectivity index (χ4n) is 5.48. The number of carbonyl (C=O) groups excluding carboxylic acids is 3. The number of carbonyl (C=O) groups is 3. The molecule has 8 nitrogen and oxygen atoms in total. The van der Waals surface area contributed by atoms with E-state index in [1.165, 1.54) is 11.8 Å². The standard InChI is InChI=1S/C31H36ClN5O3S/c1-20-9-6-7-12-24(20)37-30-27(29(33-37)31(3,4)5)28(22-10-8-11-23(32)17-22)41-19-26(40)36(30)18-25(39)35-15-13-34(14-16-35)21(2)38/h6-12,17,28H,13-16,18-19H2,1-5H3/t28-/m1/s1. The van der Waals surface area contributed by atoms with Crippen molar-refractivity contribution < 1.29 is 14.4 Å². The number of amides is 3. The van der Waals surface area contributed by atoms with E-state index in [0.717, 1.165) is 28.1 Å². The van der Waals surface area contributed by atoms with Gasteiger partial charge >= 0.3 is 0 Å². The molecule has 216 valence electrons. The summed E-state index contributed by atoms with van der Waals surface area (Å²) in [7, 11) is 0. The molecular weight excluding hydrogens is 558 g/mol. The number of thioether (sulfide) groups is 1. The highest BCUT2D eigenvalue weighted by molar-refractivity contribution is 8.00. The van der Waals surface area contributed by atoms with E-state index in [1.807, 2.05) is 60.1 Å². The van der Waals surface area contributed by atoms with E-state index in [0.29, 0.717) is 37.0 Å². The van der Waals surface area contributed by atoms with Crippen LogP contribution < -0.4 is 4.90 Å². The average molecular weight is 594 g/mol. The van der Waals surface area contributed by atoms with Crippen LogP contribution in [0.5, 0.6) is 0 Å². The molecule has 0 spiro atoms. The van der Waals surface area contributed by atoms with E-state index in [9.17, 15) is 14.4 Å². The van der Waals surface area contributed by atoms with E-state index in [2.05, 4.69) is 20.8 Å². The van der Waals surface area contributed by atoms with Crippen molar-refractivity contribution in [3.63, 3.8) is 0 Å². The monoisotopic (exact) mass is 593 g/mol. The van der Waals surface area contributed by atoms with Crippen LogP contribution in [-0.2, 0) is 19.8 Å². The SMILES string of the molecule is CC(=O)N1CCN(C(=O)CN2C(=O)CS[C@H](c3cccc(Cl)c3)c3c(C(C)(C)C)nn(-c4ccccc4C)c32)CC1. The van der Waals surface area contributed by atoms with Crippen molar-refractivity contribution in [3.8, 4) is 5.69 Å². The number of piperazine rings is 1. The average Bonchev–Trinajstić information content (AvgIpc) is 3.26. The zero-order valence-electron chi connectivity index (χ0n) is 24.2. The van der Waals surface area contributed by atoms with E-state index < -0.39 is 0 Å². The van der Waals surface area contributed by atoms with Crippen molar-refractivity contribution in [2.45, 2.75) is 45.3 Å². The van der Waals surface area contributed by atoms with Crippen molar-refractivity contribution in [1.82, 2.24) is 19.6 Å². The fourth-order valence-corrected chi connectivity index (χ4v) is 6.87. The Morgan fingerprint density at radius 1 is 1.02 bits per heavy atom. The van der Waals surface area contributed by atoms with Crippen molar-refractivity contribution in [2.24, 2.45) is 0 Å². The lowest BCUT2D eigenvalue weighted by Crippen LogP contribution is -2.53. The number of para-hydroxylation sites is 1. The third-order valence-electron chi connectivity index (χ3n) is 7.67. The maximum absolute atomic E-state index is 13.9. The van der Waals surface area contributed by atoms with Crippen molar-refractivity contribution in [3.05, 3.63) is 75.9 Å². The molecule has 1 aromatic heterocycles. The van der Waals surface area contributed by atoms with Gasteiger partial charge in [0.05, 0.1) is 22.4 Å². The molecule has 2 aliphatic rings. The molecule has 0 unspecified atom stereocenters. The lowest BCUT2D eigenvalue weighted by molar-refractivity contribution is -0.137. The Kier molecular flexibility index (Phi) is 8.21. The molecule has 1 atom stereocenters. The number of benzene rings is 2. The van der Waals surface area contributed by atoms with Gasteiger partial charge in [0.1, 0.15) is 12.4 Å². The zero-order valence-corrected chi connectivity index (χ0v) is 25.8. The molecule has 1 fully saturated rings. The van der Waals surface area contributed by atoms with Crippen LogP contribution in [-0.4, -0.2) is 75.8 Å². The summed E-state index contributed by atoms with van der Waals surface area (Å²) in [5, 5.41) is 5.59. The van der Waals surface area contributed by atoms with Gasteiger partial charge in [-0.2, -0.15) is 5.10 Å². The van der Waals surface area contributed by atoms with Crippen LogP contribution in [0.4, 0.5) is 5.82 Å². The van der Waals surface area contributed by atoms with Crippen LogP contribution in [0.1, 0.15) is 55.3 Å². The van der Waals surface area contributed by atoms with Gasteiger partial charge in [-0.1, -0.05) is 62.7 Å². The Labute approximate surface area is 250 Å². The van der Waals surface area contributed by atoms with Gasteiger partial charge in [0.15, 0.2) is 0 Å². The molecule has 41 heavy (non-hydrogen) atoms. The van der Waals surface area contributed by atoms with Crippen LogP contribution >= 0.6 is 23.4 Å². The van der Waals surface area contributed by atoms with Gasteiger partial charge in [-0.3, -0.25) is 19.3 Å². The molecule has 2 aliphatic heterocycles. The minimum Gasteiger partial charge on any atom is -0.339 e. The number of halogens is 1. The Morgan fingerprint density at radius 3 is 2.34 bits per heavy atom. The number of fused-ring (bicyclic) bond motifs is 1. The molecule has 2 aromatic carbocycles. The van der Waals surface area contributed by atoms with Gasteiger partial charge in [-0.25, -0.2) is 4.68 Å². The van der Waals surface area contributed by atoms with Crippen LogP contribution in [0.3, 0.4) is 0 Å². The summed E-state index contributed by atoms with van der Waals surface area (Å²) in [6, 6.07) is 15.7. The molecule has 1 saturated heterocycles. The van der Waals surface area contributed by atoms with Crippen LogP contribution in [0, 0.1) is 6.92 Å². The fraction of sp³-hybridized carbons (Fsp3) is 0.419. The smallest absolute Gasteiger partial charge is 0.242 e.